The predicted octanol–water partition coefficient (Wildman–Crippen LogP) is 4.34. The summed E-state index contributed by atoms with van der Waals surface area (Å²) in [4.78, 5) is 3.55. The zero-order valence-electron chi connectivity index (χ0n) is 8.92. The molecule has 0 radical (unpaired) electrons. The van der Waals surface area contributed by atoms with Gasteiger partial charge in [-0.2, -0.15) is 4.39 Å². The molecule has 0 amide bonds. The Balaban J connectivity index is 2.65. The van der Waals surface area contributed by atoms with E-state index in [0.717, 1.165) is 0 Å². The summed E-state index contributed by atoms with van der Waals surface area (Å²) in [7, 11) is 0. The lowest BCUT2D eigenvalue weighted by Crippen LogP contribution is -1.95. The molecule has 0 saturated heterocycles. The Morgan fingerprint density at radius 3 is 2.50 bits per heavy atom. The van der Waals surface area contributed by atoms with Crippen molar-refractivity contribution < 1.29 is 9.50 Å². The number of aromatic nitrogens is 1. The second-order valence-corrected chi connectivity index (χ2v) is 4.74. The number of halogens is 4. The van der Waals surface area contributed by atoms with E-state index in [9.17, 15) is 4.39 Å². The summed E-state index contributed by atoms with van der Waals surface area (Å²) < 4.78 is 13.2. The molecule has 0 aliphatic carbocycles. The molecule has 1 heterocycles. The minimum atomic E-state index is -0.726. The molecule has 0 saturated carbocycles. The van der Waals surface area contributed by atoms with Crippen molar-refractivity contribution in [3.05, 3.63) is 51.0 Å². The van der Waals surface area contributed by atoms with E-state index in [1.54, 1.807) is 12.1 Å². The molecular weight excluding hydrogens is 299 g/mol. The van der Waals surface area contributed by atoms with E-state index >= 15 is 0 Å². The Bertz CT molecular complexity index is 604. The second-order valence-electron chi connectivity index (χ2n) is 3.55. The highest BCUT2D eigenvalue weighted by molar-refractivity contribution is 6.46. The van der Waals surface area contributed by atoms with Crippen LogP contribution in [0.15, 0.2) is 24.4 Å². The SMILES string of the molecule is OCc1cc(-c2c(Cl)ccc(Cl)c2Cl)cnc1F. The van der Waals surface area contributed by atoms with Crippen LogP contribution in [0.3, 0.4) is 0 Å². The van der Waals surface area contributed by atoms with Gasteiger partial charge in [-0.3, -0.25) is 0 Å². The van der Waals surface area contributed by atoms with Crippen LogP contribution in [-0.4, -0.2) is 10.1 Å². The van der Waals surface area contributed by atoms with Crippen LogP contribution in [0.5, 0.6) is 0 Å². The molecule has 94 valence electrons. The van der Waals surface area contributed by atoms with Gasteiger partial charge in [0.2, 0.25) is 5.95 Å². The Hall–Kier alpha value is -0.870. The van der Waals surface area contributed by atoms with Crippen LogP contribution >= 0.6 is 34.8 Å². The number of benzene rings is 1. The van der Waals surface area contributed by atoms with E-state index in [1.165, 1.54) is 12.3 Å². The van der Waals surface area contributed by atoms with E-state index in [1.807, 2.05) is 0 Å². The summed E-state index contributed by atoms with van der Waals surface area (Å²) in [6, 6.07) is 4.60. The van der Waals surface area contributed by atoms with Gasteiger partial charge in [0.05, 0.1) is 21.7 Å². The minimum absolute atomic E-state index is 0.0691. The molecule has 0 spiro atoms. The van der Waals surface area contributed by atoms with E-state index in [-0.39, 0.29) is 10.6 Å². The third kappa shape index (κ3) is 2.45. The van der Waals surface area contributed by atoms with Gasteiger partial charge in [0.1, 0.15) is 0 Å². The lowest BCUT2D eigenvalue weighted by molar-refractivity contribution is 0.274. The number of hydrogen-bond donors (Lipinski definition) is 1. The van der Waals surface area contributed by atoms with Gasteiger partial charge in [0, 0.05) is 22.9 Å². The fourth-order valence-electron chi connectivity index (χ4n) is 1.53. The first-order valence-corrected chi connectivity index (χ1v) is 6.07. The summed E-state index contributed by atoms with van der Waals surface area (Å²) in [6.07, 6.45) is 1.29. The molecule has 2 aromatic rings. The molecule has 2 nitrogen and oxygen atoms in total. The average molecular weight is 307 g/mol. The number of nitrogens with zero attached hydrogens (tertiary/aromatic N) is 1. The van der Waals surface area contributed by atoms with Crippen molar-refractivity contribution in [2.45, 2.75) is 6.61 Å². The lowest BCUT2D eigenvalue weighted by atomic mass is 10.1. The van der Waals surface area contributed by atoms with Gasteiger partial charge in [-0.05, 0) is 18.2 Å². The van der Waals surface area contributed by atoms with Gasteiger partial charge in [-0.15, -0.1) is 0 Å². The van der Waals surface area contributed by atoms with E-state index in [0.29, 0.717) is 21.2 Å². The Morgan fingerprint density at radius 1 is 1.17 bits per heavy atom. The van der Waals surface area contributed by atoms with E-state index < -0.39 is 12.6 Å². The first-order valence-electron chi connectivity index (χ1n) is 4.93. The number of rotatable bonds is 2. The fourth-order valence-corrected chi connectivity index (χ4v) is 2.28. The van der Waals surface area contributed by atoms with Gasteiger partial charge < -0.3 is 5.11 Å². The first-order chi connectivity index (χ1) is 8.54. The number of hydrogen-bond acceptors (Lipinski definition) is 2. The Morgan fingerprint density at radius 2 is 1.83 bits per heavy atom. The van der Waals surface area contributed by atoms with E-state index in [2.05, 4.69) is 4.98 Å². The maximum atomic E-state index is 13.2. The fraction of sp³-hybridized carbons (Fsp3) is 0.0833. The molecule has 2 rings (SSSR count). The zero-order chi connectivity index (χ0) is 13.3. The van der Waals surface area contributed by atoms with Crippen LogP contribution in [0.25, 0.3) is 11.1 Å². The highest BCUT2D eigenvalue weighted by atomic mass is 35.5. The maximum absolute atomic E-state index is 13.2. The standard InChI is InChI=1S/C12H7Cl3FNO/c13-8-1-2-9(14)11(15)10(8)6-3-7(5-18)12(16)17-4-6/h1-4,18H,5H2. The van der Waals surface area contributed by atoms with Crippen molar-refractivity contribution in [2.75, 3.05) is 0 Å². The maximum Gasteiger partial charge on any atom is 0.218 e. The summed E-state index contributed by atoms with van der Waals surface area (Å²) in [5, 5.41) is 9.99. The van der Waals surface area contributed by atoms with Crippen LogP contribution in [0.4, 0.5) is 4.39 Å². The van der Waals surface area contributed by atoms with Gasteiger partial charge >= 0.3 is 0 Å². The summed E-state index contributed by atoms with van der Waals surface area (Å²) in [5.74, 6) is -0.726. The molecular formula is C12H7Cl3FNO. The van der Waals surface area contributed by atoms with Gasteiger partial charge in [0.15, 0.2) is 0 Å². The van der Waals surface area contributed by atoms with Crippen molar-refractivity contribution in [1.29, 1.82) is 0 Å². The van der Waals surface area contributed by atoms with Gasteiger partial charge in [-0.25, -0.2) is 4.98 Å². The normalized spacial score (nSPS) is 10.7. The first kappa shape index (κ1) is 13.6. The topological polar surface area (TPSA) is 33.1 Å². The minimum Gasteiger partial charge on any atom is -0.392 e. The number of pyridine rings is 1. The van der Waals surface area contributed by atoms with Crippen molar-refractivity contribution in [2.24, 2.45) is 0 Å². The highest BCUT2D eigenvalue weighted by Gasteiger charge is 2.14. The second kappa shape index (κ2) is 5.41. The average Bonchev–Trinajstić information content (AvgIpc) is 2.36. The van der Waals surface area contributed by atoms with Crippen LogP contribution in [-0.2, 0) is 6.61 Å². The third-order valence-electron chi connectivity index (χ3n) is 2.41. The van der Waals surface area contributed by atoms with Gasteiger partial charge in [-0.1, -0.05) is 34.8 Å². The van der Waals surface area contributed by atoms with E-state index in [4.69, 9.17) is 39.9 Å². The van der Waals surface area contributed by atoms with Crippen LogP contribution < -0.4 is 0 Å². The quantitative estimate of drug-likeness (QED) is 0.661. The Labute approximate surface area is 118 Å². The summed E-state index contributed by atoms with van der Waals surface area (Å²) in [6.45, 7) is -0.456. The molecule has 0 atom stereocenters. The van der Waals surface area contributed by atoms with Crippen molar-refractivity contribution in [1.82, 2.24) is 4.98 Å². The highest BCUT2D eigenvalue weighted by Crippen LogP contribution is 2.39. The lowest BCUT2D eigenvalue weighted by Gasteiger charge is -2.09. The zero-order valence-corrected chi connectivity index (χ0v) is 11.2. The molecule has 0 aliphatic heterocycles. The van der Waals surface area contributed by atoms with Crippen molar-refractivity contribution in [3.63, 3.8) is 0 Å². The van der Waals surface area contributed by atoms with Crippen molar-refractivity contribution in [3.8, 4) is 11.1 Å². The number of aliphatic hydroxyl groups is 1. The van der Waals surface area contributed by atoms with Gasteiger partial charge in [0.25, 0.3) is 0 Å². The van der Waals surface area contributed by atoms with Crippen LogP contribution in [0, 0.1) is 5.95 Å². The largest absolute Gasteiger partial charge is 0.392 e. The monoisotopic (exact) mass is 305 g/mol. The smallest absolute Gasteiger partial charge is 0.218 e. The summed E-state index contributed by atoms with van der Waals surface area (Å²) in [5.41, 5.74) is 1.03. The molecule has 0 aliphatic rings. The molecule has 1 aromatic heterocycles. The third-order valence-corrected chi connectivity index (χ3v) is 3.53. The predicted molar refractivity (Wildman–Crippen MR) is 70.6 cm³/mol. The molecule has 6 heteroatoms. The molecule has 1 aromatic carbocycles. The van der Waals surface area contributed by atoms with Crippen LogP contribution in [0.1, 0.15) is 5.56 Å². The molecule has 1 N–H and O–H groups in total. The molecule has 0 bridgehead atoms. The molecule has 0 unspecified atom stereocenters. The molecule has 18 heavy (non-hydrogen) atoms. The van der Waals surface area contributed by atoms with Crippen LogP contribution in [0.2, 0.25) is 15.1 Å². The number of aliphatic hydroxyl groups excluding tert-OH is 1. The van der Waals surface area contributed by atoms with Crippen molar-refractivity contribution >= 4 is 34.8 Å². The Kier molecular flexibility index (Phi) is 4.07. The summed E-state index contributed by atoms with van der Waals surface area (Å²) >= 11 is 18.0. The molecule has 0 fully saturated rings.